The van der Waals surface area contributed by atoms with Crippen molar-refractivity contribution in [3.05, 3.63) is 10.4 Å². The number of hydrogen-bond acceptors (Lipinski definition) is 6. The van der Waals surface area contributed by atoms with Crippen LogP contribution in [0.4, 0.5) is 10.7 Å². The molecule has 1 amide bonds. The second kappa shape index (κ2) is 7.31. The van der Waals surface area contributed by atoms with Crippen molar-refractivity contribution in [1.82, 2.24) is 5.32 Å². The van der Waals surface area contributed by atoms with E-state index in [1.807, 2.05) is 11.8 Å². The Bertz CT molecular complexity index is 526. The maximum Gasteiger partial charge on any atom is 0.343 e. The molecule has 118 valence electrons. The van der Waals surface area contributed by atoms with Crippen LogP contribution in [-0.4, -0.2) is 39.1 Å². The number of methoxy groups -OCH3 is 1. The molecule has 0 radical (unpaired) electrons. The van der Waals surface area contributed by atoms with E-state index < -0.39 is 5.97 Å². The molecule has 0 aliphatic heterocycles. The van der Waals surface area contributed by atoms with Crippen molar-refractivity contribution < 1.29 is 14.3 Å². The highest BCUT2D eigenvalue weighted by Gasteiger charge is 2.28. The van der Waals surface area contributed by atoms with Gasteiger partial charge in [0, 0.05) is 20.1 Å². The molecule has 1 aromatic rings. The van der Waals surface area contributed by atoms with Gasteiger partial charge in [0.1, 0.15) is 15.4 Å². The quantitative estimate of drug-likeness (QED) is 0.784. The van der Waals surface area contributed by atoms with Gasteiger partial charge in [-0.15, -0.1) is 11.3 Å². The molecule has 0 atom stereocenters. The Hall–Kier alpha value is -1.76. The largest absolute Gasteiger partial charge is 0.465 e. The predicted octanol–water partition coefficient (Wildman–Crippen LogP) is 1.96. The highest BCUT2D eigenvalue weighted by atomic mass is 32.1. The Morgan fingerprint density at radius 3 is 2.48 bits per heavy atom. The standard InChI is InChI=1S/C14H23N3O3S/c1-6-17(7-8(2)3)13-9(14(19)20-5)10(15)11(21-13)12(18)16-4/h8H,6-7,15H2,1-5H3,(H,16,18). The van der Waals surface area contributed by atoms with Crippen LogP contribution < -0.4 is 16.0 Å². The molecule has 1 rings (SSSR count). The monoisotopic (exact) mass is 313 g/mol. The summed E-state index contributed by atoms with van der Waals surface area (Å²) < 4.78 is 4.81. The van der Waals surface area contributed by atoms with Crippen molar-refractivity contribution in [3.63, 3.8) is 0 Å². The average Bonchev–Trinajstić information content (AvgIpc) is 2.80. The van der Waals surface area contributed by atoms with Crippen molar-refractivity contribution in [2.75, 3.05) is 37.9 Å². The third-order valence-corrected chi connectivity index (χ3v) is 4.27. The summed E-state index contributed by atoms with van der Waals surface area (Å²) in [5, 5.41) is 3.23. The Balaban J connectivity index is 3.40. The number of nitrogens with zero attached hydrogens (tertiary/aromatic N) is 1. The van der Waals surface area contributed by atoms with Gasteiger partial charge in [-0.25, -0.2) is 4.79 Å². The lowest BCUT2D eigenvalue weighted by Crippen LogP contribution is -2.28. The molecule has 0 bridgehead atoms. The first kappa shape index (κ1) is 17.3. The molecule has 0 spiro atoms. The number of anilines is 2. The molecule has 0 aliphatic rings. The van der Waals surface area contributed by atoms with Crippen LogP contribution in [0.3, 0.4) is 0 Å². The fourth-order valence-electron chi connectivity index (χ4n) is 2.03. The molecule has 0 saturated carbocycles. The van der Waals surface area contributed by atoms with Crippen LogP contribution in [0.15, 0.2) is 0 Å². The first-order valence-corrected chi connectivity index (χ1v) is 7.66. The van der Waals surface area contributed by atoms with Crippen LogP contribution in [0.1, 0.15) is 40.8 Å². The molecule has 0 unspecified atom stereocenters. The first-order chi connectivity index (χ1) is 9.87. The molecular formula is C14H23N3O3S. The van der Waals surface area contributed by atoms with E-state index in [2.05, 4.69) is 19.2 Å². The van der Waals surface area contributed by atoms with E-state index in [1.165, 1.54) is 25.5 Å². The van der Waals surface area contributed by atoms with Gasteiger partial charge in [0.25, 0.3) is 5.91 Å². The molecule has 1 aromatic heterocycles. The van der Waals surface area contributed by atoms with Crippen LogP contribution in [0.5, 0.6) is 0 Å². The molecule has 6 nitrogen and oxygen atoms in total. The Kier molecular flexibility index (Phi) is 6.02. The predicted molar refractivity (Wildman–Crippen MR) is 86.2 cm³/mol. The molecule has 7 heteroatoms. The number of thiophene rings is 1. The van der Waals surface area contributed by atoms with Gasteiger partial charge >= 0.3 is 5.97 Å². The van der Waals surface area contributed by atoms with Crippen LogP contribution >= 0.6 is 11.3 Å². The number of carbonyl (C=O) groups excluding carboxylic acids is 2. The molecular weight excluding hydrogens is 290 g/mol. The van der Waals surface area contributed by atoms with Gasteiger partial charge in [0.05, 0.1) is 12.8 Å². The second-order valence-corrected chi connectivity index (χ2v) is 6.03. The lowest BCUT2D eigenvalue weighted by Gasteiger charge is -2.24. The van der Waals surface area contributed by atoms with E-state index in [4.69, 9.17) is 10.5 Å². The third-order valence-electron chi connectivity index (χ3n) is 3.00. The molecule has 1 heterocycles. The van der Waals surface area contributed by atoms with Gasteiger partial charge < -0.3 is 20.7 Å². The van der Waals surface area contributed by atoms with Crippen molar-refractivity contribution in [3.8, 4) is 0 Å². The summed E-state index contributed by atoms with van der Waals surface area (Å²) >= 11 is 1.23. The minimum atomic E-state index is -0.517. The van der Waals surface area contributed by atoms with Crippen molar-refractivity contribution in [1.29, 1.82) is 0 Å². The Morgan fingerprint density at radius 1 is 1.43 bits per heavy atom. The summed E-state index contributed by atoms with van der Waals surface area (Å²) in [6.45, 7) is 7.68. The number of hydrogen-bond donors (Lipinski definition) is 2. The number of ether oxygens (including phenoxy) is 1. The maximum atomic E-state index is 12.0. The third kappa shape index (κ3) is 3.66. The van der Waals surface area contributed by atoms with Gasteiger partial charge in [0.2, 0.25) is 0 Å². The summed E-state index contributed by atoms with van der Waals surface area (Å²) in [7, 11) is 2.84. The second-order valence-electron chi connectivity index (χ2n) is 5.03. The normalized spacial score (nSPS) is 10.6. The molecule has 0 saturated heterocycles. The smallest absolute Gasteiger partial charge is 0.343 e. The Morgan fingerprint density at radius 2 is 2.05 bits per heavy atom. The van der Waals surface area contributed by atoms with Gasteiger partial charge in [-0.3, -0.25) is 4.79 Å². The highest BCUT2D eigenvalue weighted by molar-refractivity contribution is 7.19. The van der Waals surface area contributed by atoms with Crippen LogP contribution in [0.25, 0.3) is 0 Å². The van der Waals surface area contributed by atoms with Gasteiger partial charge in [-0.05, 0) is 12.8 Å². The zero-order valence-corrected chi connectivity index (χ0v) is 14.0. The van der Waals surface area contributed by atoms with Crippen molar-refractivity contribution in [2.24, 2.45) is 5.92 Å². The van der Waals surface area contributed by atoms with E-state index in [-0.39, 0.29) is 17.2 Å². The van der Waals surface area contributed by atoms with Crippen molar-refractivity contribution >= 4 is 33.9 Å². The van der Waals surface area contributed by atoms with Gasteiger partial charge in [0.15, 0.2) is 0 Å². The lowest BCUT2D eigenvalue weighted by molar-refractivity contribution is 0.0603. The number of nitrogens with one attached hydrogen (secondary N) is 1. The summed E-state index contributed by atoms with van der Waals surface area (Å²) in [6, 6.07) is 0. The van der Waals surface area contributed by atoms with Crippen LogP contribution in [0, 0.1) is 5.92 Å². The van der Waals surface area contributed by atoms with E-state index in [9.17, 15) is 9.59 Å². The van der Waals surface area contributed by atoms with E-state index in [0.29, 0.717) is 15.8 Å². The summed E-state index contributed by atoms with van der Waals surface area (Å²) in [4.78, 5) is 26.3. The topological polar surface area (TPSA) is 84.7 Å². The first-order valence-electron chi connectivity index (χ1n) is 6.84. The van der Waals surface area contributed by atoms with Crippen LogP contribution in [0.2, 0.25) is 0 Å². The van der Waals surface area contributed by atoms with E-state index >= 15 is 0 Å². The zero-order valence-electron chi connectivity index (χ0n) is 13.1. The minimum absolute atomic E-state index is 0.184. The number of amides is 1. The zero-order chi connectivity index (χ0) is 16.2. The highest BCUT2D eigenvalue weighted by Crippen LogP contribution is 2.39. The van der Waals surface area contributed by atoms with E-state index in [1.54, 1.807) is 0 Å². The lowest BCUT2D eigenvalue weighted by atomic mass is 10.2. The Labute approximate surface area is 129 Å². The average molecular weight is 313 g/mol. The number of nitrogens with two attached hydrogens (primary N) is 1. The minimum Gasteiger partial charge on any atom is -0.465 e. The summed E-state index contributed by atoms with van der Waals surface area (Å²) in [5.41, 5.74) is 6.47. The summed E-state index contributed by atoms with van der Waals surface area (Å²) in [6.07, 6.45) is 0. The van der Waals surface area contributed by atoms with Gasteiger partial charge in [-0.2, -0.15) is 0 Å². The fourth-order valence-corrected chi connectivity index (χ4v) is 3.26. The molecule has 0 aromatic carbocycles. The molecule has 21 heavy (non-hydrogen) atoms. The number of esters is 1. The van der Waals surface area contributed by atoms with Gasteiger partial charge in [-0.1, -0.05) is 13.8 Å². The maximum absolute atomic E-state index is 12.0. The van der Waals surface area contributed by atoms with Crippen LogP contribution in [-0.2, 0) is 4.74 Å². The van der Waals surface area contributed by atoms with E-state index in [0.717, 1.165) is 13.1 Å². The number of rotatable bonds is 6. The molecule has 0 fully saturated rings. The number of carbonyl (C=O) groups is 2. The fraction of sp³-hybridized carbons (Fsp3) is 0.571. The number of nitrogen functional groups attached to an aromatic ring is 1. The molecule has 0 aliphatic carbocycles. The summed E-state index contributed by atoms with van der Waals surface area (Å²) in [5.74, 6) is -0.396. The van der Waals surface area contributed by atoms with Crippen molar-refractivity contribution in [2.45, 2.75) is 20.8 Å². The molecule has 3 N–H and O–H groups in total. The SMILES string of the molecule is CCN(CC(C)C)c1sc(C(=O)NC)c(N)c1C(=O)OC.